The topological polar surface area (TPSA) is 90.3 Å². The predicted octanol–water partition coefficient (Wildman–Crippen LogP) is 4.09. The number of hydrogen-bond acceptors (Lipinski definition) is 4. The van der Waals surface area contributed by atoms with Gasteiger partial charge in [-0.3, -0.25) is 9.52 Å². The highest BCUT2D eigenvalue weighted by atomic mass is 35.5. The number of anilines is 1. The van der Waals surface area contributed by atoms with Crippen LogP contribution in [-0.2, 0) is 10.0 Å². The molecule has 0 aliphatic heterocycles. The van der Waals surface area contributed by atoms with Crippen LogP contribution in [0.15, 0.2) is 41.3 Å². The van der Waals surface area contributed by atoms with E-state index in [9.17, 15) is 13.2 Å². The predicted molar refractivity (Wildman–Crippen MR) is 106 cm³/mol. The van der Waals surface area contributed by atoms with Crippen LogP contribution in [-0.4, -0.2) is 32.8 Å². The van der Waals surface area contributed by atoms with Crippen molar-refractivity contribution in [1.29, 1.82) is 5.26 Å². The summed E-state index contributed by atoms with van der Waals surface area (Å²) in [5.74, 6) is -0.406. The molecule has 0 spiro atoms. The van der Waals surface area contributed by atoms with E-state index in [2.05, 4.69) is 4.72 Å². The van der Waals surface area contributed by atoms with E-state index in [0.717, 1.165) is 5.56 Å². The third-order valence-corrected chi connectivity index (χ3v) is 6.07. The number of carbonyl (C=O) groups excluding carboxylic acids is 1. The van der Waals surface area contributed by atoms with Gasteiger partial charge in [0.15, 0.2) is 0 Å². The Bertz CT molecular complexity index is 1020. The molecule has 0 unspecified atom stereocenters. The van der Waals surface area contributed by atoms with Gasteiger partial charge in [0.05, 0.1) is 23.2 Å². The van der Waals surface area contributed by atoms with E-state index in [1.54, 1.807) is 19.1 Å². The molecule has 2 aromatic rings. The SMILES string of the molecule is Cc1ccc(NS(=O)(=O)c2cc(C(=O)N(C)CCC#N)ccc2Cl)cc1Cl. The summed E-state index contributed by atoms with van der Waals surface area (Å²) in [4.78, 5) is 13.5. The van der Waals surface area contributed by atoms with Crippen LogP contribution in [0.25, 0.3) is 0 Å². The summed E-state index contributed by atoms with van der Waals surface area (Å²) in [6, 6.07) is 10.7. The maximum Gasteiger partial charge on any atom is 0.263 e. The Morgan fingerprint density at radius 1 is 1.19 bits per heavy atom. The van der Waals surface area contributed by atoms with E-state index in [4.69, 9.17) is 28.5 Å². The third-order valence-electron chi connectivity index (χ3n) is 3.80. The third kappa shape index (κ3) is 5.13. The number of carbonyl (C=O) groups is 1. The summed E-state index contributed by atoms with van der Waals surface area (Å²) in [7, 11) is -2.50. The Morgan fingerprint density at radius 3 is 2.52 bits per heavy atom. The van der Waals surface area contributed by atoms with E-state index in [1.807, 2.05) is 6.07 Å². The number of nitriles is 1. The molecule has 0 saturated carbocycles. The minimum atomic E-state index is -4.04. The van der Waals surface area contributed by atoms with Crippen molar-refractivity contribution in [3.05, 3.63) is 57.6 Å². The molecule has 0 bridgehead atoms. The summed E-state index contributed by atoms with van der Waals surface area (Å²) in [5, 5.41) is 9.03. The molecule has 9 heteroatoms. The first-order valence-electron chi connectivity index (χ1n) is 7.86. The molecule has 2 aromatic carbocycles. The van der Waals surface area contributed by atoms with Gasteiger partial charge in [-0.05, 0) is 42.8 Å². The van der Waals surface area contributed by atoms with Gasteiger partial charge < -0.3 is 4.90 Å². The highest BCUT2D eigenvalue weighted by Crippen LogP contribution is 2.27. The Labute approximate surface area is 168 Å². The number of nitrogens with one attached hydrogen (secondary N) is 1. The first kappa shape index (κ1) is 21.0. The number of nitrogens with zero attached hydrogens (tertiary/aromatic N) is 2. The molecular formula is C18H17Cl2N3O3S. The lowest BCUT2D eigenvalue weighted by molar-refractivity contribution is 0.0798. The smallest absolute Gasteiger partial charge is 0.263 e. The number of rotatable bonds is 6. The second kappa shape index (κ2) is 8.61. The number of aryl methyl sites for hydroxylation is 1. The number of hydrogen-bond donors (Lipinski definition) is 1. The second-order valence-electron chi connectivity index (χ2n) is 5.85. The highest BCUT2D eigenvalue weighted by Gasteiger charge is 2.22. The van der Waals surface area contributed by atoms with Crippen LogP contribution in [0.4, 0.5) is 5.69 Å². The fourth-order valence-corrected chi connectivity index (χ4v) is 4.01. The molecule has 0 atom stereocenters. The lowest BCUT2D eigenvalue weighted by atomic mass is 10.2. The number of amides is 1. The molecule has 1 N–H and O–H groups in total. The van der Waals surface area contributed by atoms with Crippen molar-refractivity contribution in [3.63, 3.8) is 0 Å². The molecule has 0 aliphatic rings. The molecule has 0 saturated heterocycles. The summed E-state index contributed by atoms with van der Waals surface area (Å²) >= 11 is 12.1. The summed E-state index contributed by atoms with van der Waals surface area (Å²) in [6.45, 7) is 2.04. The monoisotopic (exact) mass is 425 g/mol. The Morgan fingerprint density at radius 2 is 1.89 bits per heavy atom. The van der Waals surface area contributed by atoms with Crippen LogP contribution in [0.2, 0.25) is 10.0 Å². The van der Waals surface area contributed by atoms with Gasteiger partial charge in [0.2, 0.25) is 0 Å². The normalized spacial score (nSPS) is 10.9. The molecule has 0 fully saturated rings. The van der Waals surface area contributed by atoms with Crippen molar-refractivity contribution in [3.8, 4) is 6.07 Å². The quantitative estimate of drug-likeness (QED) is 0.754. The zero-order chi connectivity index (χ0) is 20.2. The van der Waals surface area contributed by atoms with Gasteiger partial charge in [0, 0.05) is 24.2 Å². The molecule has 0 aliphatic carbocycles. The number of halogens is 2. The zero-order valence-corrected chi connectivity index (χ0v) is 17.0. The van der Waals surface area contributed by atoms with Gasteiger partial charge in [0.1, 0.15) is 4.90 Å². The molecule has 142 valence electrons. The van der Waals surface area contributed by atoms with Crippen molar-refractivity contribution in [2.24, 2.45) is 0 Å². The van der Waals surface area contributed by atoms with E-state index in [1.165, 1.54) is 36.2 Å². The van der Waals surface area contributed by atoms with Gasteiger partial charge >= 0.3 is 0 Å². The molecule has 0 aromatic heterocycles. The maximum absolute atomic E-state index is 12.7. The molecule has 1 amide bonds. The Hall–Kier alpha value is -2.27. The average Bonchev–Trinajstić information content (AvgIpc) is 2.62. The largest absolute Gasteiger partial charge is 0.341 e. The standard InChI is InChI=1S/C18H17Cl2N3O3S/c1-12-4-6-14(11-16(12)20)22-27(25,26)17-10-13(5-7-15(17)19)18(24)23(2)9-3-8-21/h4-7,10-11,22H,3,9H2,1-2H3. The minimum Gasteiger partial charge on any atom is -0.341 e. The molecular weight excluding hydrogens is 409 g/mol. The highest BCUT2D eigenvalue weighted by molar-refractivity contribution is 7.92. The number of benzene rings is 2. The number of sulfonamides is 1. The molecule has 2 rings (SSSR count). The molecule has 6 nitrogen and oxygen atoms in total. The maximum atomic E-state index is 12.7. The summed E-state index contributed by atoms with van der Waals surface area (Å²) in [6.07, 6.45) is 0.177. The van der Waals surface area contributed by atoms with E-state index in [0.29, 0.717) is 5.02 Å². The fourth-order valence-electron chi connectivity index (χ4n) is 2.25. The zero-order valence-electron chi connectivity index (χ0n) is 14.7. The van der Waals surface area contributed by atoms with Crippen LogP contribution in [0.5, 0.6) is 0 Å². The van der Waals surface area contributed by atoms with Gasteiger partial charge in [0.25, 0.3) is 15.9 Å². The van der Waals surface area contributed by atoms with Crippen molar-refractivity contribution in [2.75, 3.05) is 18.3 Å². The van der Waals surface area contributed by atoms with Crippen LogP contribution in [0, 0.1) is 18.3 Å². The summed E-state index contributed by atoms with van der Waals surface area (Å²) in [5.41, 5.74) is 1.25. The van der Waals surface area contributed by atoms with Gasteiger partial charge in [-0.25, -0.2) is 8.42 Å². The first-order chi connectivity index (χ1) is 12.7. The van der Waals surface area contributed by atoms with Crippen LogP contribution >= 0.6 is 23.2 Å². The lowest BCUT2D eigenvalue weighted by Gasteiger charge is -2.17. The van der Waals surface area contributed by atoms with Crippen LogP contribution in [0.1, 0.15) is 22.3 Å². The van der Waals surface area contributed by atoms with Crippen LogP contribution < -0.4 is 4.72 Å². The molecule has 0 radical (unpaired) electrons. The first-order valence-corrected chi connectivity index (χ1v) is 10.1. The summed E-state index contributed by atoms with van der Waals surface area (Å²) < 4.78 is 27.9. The van der Waals surface area contributed by atoms with Gasteiger partial charge in [-0.2, -0.15) is 5.26 Å². The minimum absolute atomic E-state index is 0.0167. The van der Waals surface area contributed by atoms with Crippen LogP contribution in [0.3, 0.4) is 0 Å². The molecule has 0 heterocycles. The lowest BCUT2D eigenvalue weighted by Crippen LogP contribution is -2.27. The van der Waals surface area contributed by atoms with Crippen molar-refractivity contribution in [1.82, 2.24) is 4.90 Å². The van der Waals surface area contributed by atoms with Crippen molar-refractivity contribution in [2.45, 2.75) is 18.2 Å². The second-order valence-corrected chi connectivity index (χ2v) is 8.31. The average molecular weight is 426 g/mol. The van der Waals surface area contributed by atoms with E-state index in [-0.39, 0.29) is 34.1 Å². The Kier molecular flexibility index (Phi) is 6.71. The van der Waals surface area contributed by atoms with Crippen molar-refractivity contribution < 1.29 is 13.2 Å². The van der Waals surface area contributed by atoms with Crippen molar-refractivity contribution >= 4 is 44.8 Å². The van der Waals surface area contributed by atoms with Gasteiger partial charge in [-0.15, -0.1) is 0 Å². The van der Waals surface area contributed by atoms with E-state index < -0.39 is 15.9 Å². The van der Waals surface area contributed by atoms with E-state index >= 15 is 0 Å². The fraction of sp³-hybridized carbons (Fsp3) is 0.222. The molecule has 27 heavy (non-hydrogen) atoms. The van der Waals surface area contributed by atoms with Gasteiger partial charge in [-0.1, -0.05) is 29.3 Å². The Balaban J connectivity index is 2.35.